The van der Waals surface area contributed by atoms with E-state index >= 15 is 0 Å². The normalized spacial score (nSPS) is 29.6. The van der Waals surface area contributed by atoms with Crippen molar-refractivity contribution in [3.8, 4) is 0 Å². The first kappa shape index (κ1) is 9.89. The van der Waals surface area contributed by atoms with Crippen molar-refractivity contribution in [3.05, 3.63) is 0 Å². The third kappa shape index (κ3) is 2.23. The molecule has 1 heterocycles. The van der Waals surface area contributed by atoms with E-state index in [-0.39, 0.29) is 12.0 Å². The van der Waals surface area contributed by atoms with Crippen LogP contribution in [-0.4, -0.2) is 43.9 Å². The predicted octanol–water partition coefficient (Wildman–Crippen LogP) is -0.991. The summed E-state index contributed by atoms with van der Waals surface area (Å²) in [5.74, 6) is -0.0633. The molecular formula is C9H16N2O3. The molecule has 0 aromatic rings. The van der Waals surface area contributed by atoms with Crippen molar-refractivity contribution in [2.75, 3.05) is 26.4 Å². The second kappa shape index (κ2) is 3.84. The molecule has 1 aliphatic heterocycles. The molecule has 0 radical (unpaired) electrons. The lowest BCUT2D eigenvalue weighted by atomic mass is 10.2. The van der Waals surface area contributed by atoms with Gasteiger partial charge in [-0.2, -0.15) is 0 Å². The molecule has 1 aliphatic carbocycles. The Balaban J connectivity index is 1.68. The molecule has 5 heteroatoms. The lowest BCUT2D eigenvalue weighted by Gasteiger charge is -2.23. The van der Waals surface area contributed by atoms with E-state index < -0.39 is 5.54 Å². The molecule has 80 valence electrons. The lowest BCUT2D eigenvalue weighted by Crippen LogP contribution is -2.47. The number of hydrogen-bond donors (Lipinski definition) is 2. The molecule has 5 nitrogen and oxygen atoms in total. The Labute approximate surface area is 82.9 Å². The summed E-state index contributed by atoms with van der Waals surface area (Å²) in [6, 6.07) is 0. The molecule has 0 bridgehead atoms. The Morgan fingerprint density at radius 2 is 2.29 bits per heavy atom. The van der Waals surface area contributed by atoms with Gasteiger partial charge in [0, 0.05) is 6.54 Å². The molecule has 1 saturated carbocycles. The first-order valence-electron chi connectivity index (χ1n) is 4.97. The fourth-order valence-electron chi connectivity index (χ4n) is 1.40. The summed E-state index contributed by atoms with van der Waals surface area (Å²) >= 11 is 0. The summed E-state index contributed by atoms with van der Waals surface area (Å²) in [5.41, 5.74) is 5.13. The fraction of sp³-hybridized carbons (Fsp3) is 0.889. The molecule has 1 amide bonds. The smallest absolute Gasteiger partial charge is 0.240 e. The number of nitrogens with two attached hydrogens (primary N) is 1. The summed E-state index contributed by atoms with van der Waals surface area (Å²) in [6.07, 6.45) is 1.57. The van der Waals surface area contributed by atoms with Gasteiger partial charge in [0.1, 0.15) is 0 Å². The summed E-state index contributed by atoms with van der Waals surface area (Å²) < 4.78 is 10.6. The average molecular weight is 200 g/mol. The first-order valence-corrected chi connectivity index (χ1v) is 4.97. The van der Waals surface area contributed by atoms with Crippen LogP contribution >= 0.6 is 0 Å². The summed E-state index contributed by atoms with van der Waals surface area (Å²) in [6.45, 7) is 2.30. The van der Waals surface area contributed by atoms with E-state index in [1.54, 1.807) is 0 Å². The SMILES string of the molecule is NC1(C(=O)NCC2COCCO2)CC1. The van der Waals surface area contributed by atoms with Crippen molar-refractivity contribution < 1.29 is 14.3 Å². The van der Waals surface area contributed by atoms with Crippen LogP contribution in [0.4, 0.5) is 0 Å². The molecule has 0 aromatic carbocycles. The second-order valence-electron chi connectivity index (χ2n) is 3.93. The van der Waals surface area contributed by atoms with E-state index in [4.69, 9.17) is 15.2 Å². The summed E-state index contributed by atoms with van der Waals surface area (Å²) in [7, 11) is 0. The minimum absolute atomic E-state index is 0.0185. The van der Waals surface area contributed by atoms with Gasteiger partial charge in [-0.1, -0.05) is 0 Å². The number of ether oxygens (including phenoxy) is 2. The van der Waals surface area contributed by atoms with E-state index in [1.807, 2.05) is 0 Å². The van der Waals surface area contributed by atoms with E-state index in [2.05, 4.69) is 5.32 Å². The number of rotatable bonds is 3. The highest BCUT2D eigenvalue weighted by Crippen LogP contribution is 2.31. The monoisotopic (exact) mass is 200 g/mol. The van der Waals surface area contributed by atoms with Gasteiger partial charge in [0.25, 0.3) is 0 Å². The largest absolute Gasteiger partial charge is 0.376 e. The van der Waals surface area contributed by atoms with Gasteiger partial charge in [0.2, 0.25) is 5.91 Å². The maximum atomic E-state index is 11.4. The van der Waals surface area contributed by atoms with Crippen LogP contribution in [0.25, 0.3) is 0 Å². The minimum atomic E-state index is -0.588. The summed E-state index contributed by atoms with van der Waals surface area (Å²) in [5, 5.41) is 2.79. The van der Waals surface area contributed by atoms with Gasteiger partial charge in [-0.25, -0.2) is 0 Å². The van der Waals surface area contributed by atoms with Gasteiger partial charge in [0.15, 0.2) is 0 Å². The maximum Gasteiger partial charge on any atom is 0.240 e. The van der Waals surface area contributed by atoms with Crippen molar-refractivity contribution in [1.82, 2.24) is 5.32 Å². The first-order chi connectivity index (χ1) is 6.71. The topological polar surface area (TPSA) is 73.6 Å². The van der Waals surface area contributed by atoms with Crippen LogP contribution < -0.4 is 11.1 Å². The van der Waals surface area contributed by atoms with Gasteiger partial charge < -0.3 is 20.5 Å². The number of amides is 1. The van der Waals surface area contributed by atoms with E-state index in [9.17, 15) is 4.79 Å². The van der Waals surface area contributed by atoms with Crippen LogP contribution in [0.5, 0.6) is 0 Å². The van der Waals surface area contributed by atoms with Gasteiger partial charge in [-0.15, -0.1) is 0 Å². The van der Waals surface area contributed by atoms with Crippen molar-refractivity contribution in [2.45, 2.75) is 24.5 Å². The zero-order valence-electron chi connectivity index (χ0n) is 8.12. The van der Waals surface area contributed by atoms with E-state index in [1.165, 1.54) is 0 Å². The average Bonchev–Trinajstić information content (AvgIpc) is 2.96. The molecule has 0 aromatic heterocycles. The number of hydrogen-bond acceptors (Lipinski definition) is 4. The van der Waals surface area contributed by atoms with E-state index in [0.29, 0.717) is 26.4 Å². The third-order valence-corrected chi connectivity index (χ3v) is 2.62. The maximum absolute atomic E-state index is 11.4. The highest BCUT2D eigenvalue weighted by molar-refractivity contribution is 5.88. The van der Waals surface area contributed by atoms with Crippen molar-refractivity contribution in [1.29, 1.82) is 0 Å². The highest BCUT2D eigenvalue weighted by Gasteiger charge is 2.45. The molecular weight excluding hydrogens is 184 g/mol. The zero-order chi connectivity index (χ0) is 10.0. The van der Waals surface area contributed by atoms with Gasteiger partial charge >= 0.3 is 0 Å². The Kier molecular flexibility index (Phi) is 2.71. The highest BCUT2D eigenvalue weighted by atomic mass is 16.6. The minimum Gasteiger partial charge on any atom is -0.376 e. The molecule has 2 fully saturated rings. The summed E-state index contributed by atoms with van der Waals surface area (Å²) in [4.78, 5) is 11.4. The Morgan fingerprint density at radius 1 is 1.50 bits per heavy atom. The van der Waals surface area contributed by atoms with Gasteiger partial charge in [-0.3, -0.25) is 4.79 Å². The molecule has 1 saturated heterocycles. The van der Waals surface area contributed by atoms with E-state index in [0.717, 1.165) is 12.8 Å². The molecule has 2 aliphatic rings. The molecule has 1 atom stereocenters. The Morgan fingerprint density at radius 3 is 2.86 bits per heavy atom. The Hall–Kier alpha value is -0.650. The number of carbonyl (C=O) groups excluding carboxylic acids is 1. The molecule has 1 unspecified atom stereocenters. The lowest BCUT2D eigenvalue weighted by molar-refractivity contribution is -0.126. The van der Waals surface area contributed by atoms with Crippen LogP contribution in [0, 0.1) is 0 Å². The molecule has 2 rings (SSSR count). The van der Waals surface area contributed by atoms with Crippen LogP contribution in [0.1, 0.15) is 12.8 Å². The fourth-order valence-corrected chi connectivity index (χ4v) is 1.40. The Bertz CT molecular complexity index is 222. The van der Waals surface area contributed by atoms with Crippen molar-refractivity contribution in [2.24, 2.45) is 5.73 Å². The number of nitrogens with one attached hydrogen (secondary N) is 1. The molecule has 14 heavy (non-hydrogen) atoms. The third-order valence-electron chi connectivity index (χ3n) is 2.62. The molecule has 3 N–H and O–H groups in total. The van der Waals surface area contributed by atoms with Crippen molar-refractivity contribution >= 4 is 5.91 Å². The predicted molar refractivity (Wildman–Crippen MR) is 49.7 cm³/mol. The van der Waals surface area contributed by atoms with Crippen LogP contribution in [0.3, 0.4) is 0 Å². The quantitative estimate of drug-likeness (QED) is 0.613. The standard InChI is InChI=1S/C9H16N2O3/c10-9(1-2-9)8(12)11-5-7-6-13-3-4-14-7/h7H,1-6,10H2,(H,11,12). The number of carbonyl (C=O) groups is 1. The van der Waals surface area contributed by atoms with Crippen LogP contribution in [0.15, 0.2) is 0 Å². The molecule has 0 spiro atoms. The van der Waals surface area contributed by atoms with Crippen LogP contribution in [0.2, 0.25) is 0 Å². The van der Waals surface area contributed by atoms with Gasteiger partial charge in [-0.05, 0) is 12.8 Å². The van der Waals surface area contributed by atoms with Crippen LogP contribution in [-0.2, 0) is 14.3 Å². The van der Waals surface area contributed by atoms with Crippen molar-refractivity contribution in [3.63, 3.8) is 0 Å². The van der Waals surface area contributed by atoms with Gasteiger partial charge in [0.05, 0.1) is 31.5 Å². The second-order valence-corrected chi connectivity index (χ2v) is 3.93. The zero-order valence-corrected chi connectivity index (χ0v) is 8.12.